The van der Waals surface area contributed by atoms with Crippen molar-refractivity contribution in [3.63, 3.8) is 0 Å². The third kappa shape index (κ3) is 19.1. The number of hydrogen-bond acceptors (Lipinski definition) is 3. The lowest BCUT2D eigenvalue weighted by molar-refractivity contribution is 0.526. The highest BCUT2D eigenvalue weighted by molar-refractivity contribution is 5.85. The van der Waals surface area contributed by atoms with E-state index >= 15 is 0 Å². The van der Waals surface area contributed by atoms with E-state index < -0.39 is 0 Å². The molecule has 0 aromatic rings. The van der Waals surface area contributed by atoms with Crippen molar-refractivity contribution < 1.29 is 4.74 Å². The van der Waals surface area contributed by atoms with Crippen molar-refractivity contribution in [2.24, 2.45) is 0 Å². The van der Waals surface area contributed by atoms with Crippen molar-refractivity contribution in [3.05, 3.63) is 0 Å². The molecule has 54 valence electrons. The Morgan fingerprint density at radius 1 is 1.00 bits per heavy atom. The first-order valence-electron chi connectivity index (χ1n) is 2.91. The van der Waals surface area contributed by atoms with Crippen LogP contribution in [0.5, 0.6) is 0 Å². The van der Waals surface area contributed by atoms with Gasteiger partial charge in [-0.1, -0.05) is 13.8 Å². The Bertz CT molecular complexity index is 87.2. The predicted molar refractivity (Wildman–Crippen MR) is 39.2 cm³/mol. The molecule has 0 heterocycles. The van der Waals surface area contributed by atoms with Gasteiger partial charge in [-0.25, -0.2) is 0 Å². The fourth-order valence-electron chi connectivity index (χ4n) is 0.230. The molecule has 0 aliphatic rings. The number of rotatable bonds is 0. The third-order valence-electron chi connectivity index (χ3n) is 0.306. The van der Waals surface area contributed by atoms with Gasteiger partial charge in [0, 0.05) is 13.8 Å². The van der Waals surface area contributed by atoms with Gasteiger partial charge in [0.25, 0.3) is 0 Å². The van der Waals surface area contributed by atoms with Crippen LogP contribution in [0.15, 0.2) is 0 Å². The fraction of sp³-hybridized carbons (Fsp3) is 0.667. The van der Waals surface area contributed by atoms with E-state index in [1.54, 1.807) is 0 Å². The van der Waals surface area contributed by atoms with Gasteiger partial charge in [0.1, 0.15) is 0 Å². The second kappa shape index (κ2) is 7.14. The Balaban J connectivity index is 0. The van der Waals surface area contributed by atoms with E-state index in [-0.39, 0.29) is 11.8 Å². The summed E-state index contributed by atoms with van der Waals surface area (Å²) in [5.41, 5.74) is 0. The molecule has 0 fully saturated rings. The minimum absolute atomic E-state index is 0.0625. The molecule has 0 aromatic carbocycles. The fourth-order valence-corrected chi connectivity index (χ4v) is 0.230. The van der Waals surface area contributed by atoms with Gasteiger partial charge in [0.2, 0.25) is 0 Å². The highest BCUT2D eigenvalue weighted by Crippen LogP contribution is 1.75. The van der Waals surface area contributed by atoms with E-state index in [1.165, 1.54) is 13.8 Å². The minimum atomic E-state index is 0.0625. The summed E-state index contributed by atoms with van der Waals surface area (Å²) in [6.07, 6.45) is 0. The summed E-state index contributed by atoms with van der Waals surface area (Å²) in [7, 11) is 0. The van der Waals surface area contributed by atoms with Crippen LogP contribution in [0.3, 0.4) is 0 Å². The average Bonchev–Trinajstić information content (AvgIpc) is 1.68. The van der Waals surface area contributed by atoms with Crippen molar-refractivity contribution in [3.8, 4) is 0 Å². The summed E-state index contributed by atoms with van der Waals surface area (Å²) in [5.74, 6) is 0.125. The van der Waals surface area contributed by atoms with E-state index in [0.717, 1.165) is 0 Å². The first-order valence-corrected chi connectivity index (χ1v) is 2.91. The molecule has 0 unspecified atom stereocenters. The first-order chi connectivity index (χ1) is 4.13. The Labute approximate surface area is 56.1 Å². The summed E-state index contributed by atoms with van der Waals surface area (Å²) < 4.78 is 4.42. The topological polar surface area (TPSA) is 56.9 Å². The van der Waals surface area contributed by atoms with Crippen LogP contribution in [0.25, 0.3) is 0 Å². The molecule has 3 heteroatoms. The van der Waals surface area contributed by atoms with Gasteiger partial charge < -0.3 is 4.74 Å². The van der Waals surface area contributed by atoms with Crippen LogP contribution in [0, 0.1) is 10.8 Å². The van der Waals surface area contributed by atoms with Crippen LogP contribution >= 0.6 is 0 Å². The van der Waals surface area contributed by atoms with Crippen LogP contribution in [0.1, 0.15) is 27.7 Å². The first kappa shape index (κ1) is 11.0. The maximum absolute atomic E-state index is 6.66. The quantitative estimate of drug-likeness (QED) is 0.382. The van der Waals surface area contributed by atoms with Crippen LogP contribution in [-0.2, 0) is 4.74 Å². The van der Waals surface area contributed by atoms with Gasteiger partial charge in [0.15, 0.2) is 11.8 Å². The smallest absolute Gasteiger partial charge is 0.185 e. The molecule has 0 atom stereocenters. The molecule has 0 saturated heterocycles. The Hall–Kier alpha value is -0.860. The molecule has 0 rings (SSSR count). The average molecular weight is 130 g/mol. The largest absolute Gasteiger partial charge is 0.430 e. The lowest BCUT2D eigenvalue weighted by Gasteiger charge is -1.94. The van der Waals surface area contributed by atoms with Crippen LogP contribution < -0.4 is 0 Å². The molecule has 0 spiro atoms. The van der Waals surface area contributed by atoms with Crippen molar-refractivity contribution >= 4 is 11.8 Å². The highest BCUT2D eigenvalue weighted by Gasteiger charge is 1.85. The highest BCUT2D eigenvalue weighted by atomic mass is 16.5. The van der Waals surface area contributed by atoms with Crippen LogP contribution in [0.4, 0.5) is 0 Å². The number of nitrogens with one attached hydrogen (secondary N) is 2. The normalized spacial score (nSPS) is 6.67. The molecule has 0 aromatic heterocycles. The zero-order chi connectivity index (χ0) is 7.86. The SMILES string of the molecule is CC.CC(=N)OC(C)=N. The maximum atomic E-state index is 6.66. The Kier molecular flexibility index (Phi) is 8.73. The summed E-state index contributed by atoms with van der Waals surface area (Å²) in [4.78, 5) is 0. The summed E-state index contributed by atoms with van der Waals surface area (Å²) in [5, 5.41) is 13.3. The van der Waals surface area contributed by atoms with Crippen LogP contribution in [0.2, 0.25) is 0 Å². The number of hydrogen-bond donors (Lipinski definition) is 2. The van der Waals surface area contributed by atoms with E-state index in [4.69, 9.17) is 10.8 Å². The number of ether oxygens (including phenoxy) is 1. The molecule has 0 amide bonds. The van der Waals surface area contributed by atoms with Gasteiger partial charge in [-0.2, -0.15) is 0 Å². The zero-order valence-corrected chi connectivity index (χ0v) is 6.41. The second-order valence-corrected chi connectivity index (χ2v) is 1.21. The molecule has 0 aliphatic heterocycles. The van der Waals surface area contributed by atoms with Crippen molar-refractivity contribution in [2.75, 3.05) is 0 Å². The zero-order valence-electron chi connectivity index (χ0n) is 6.41. The summed E-state index contributed by atoms with van der Waals surface area (Å²) >= 11 is 0. The lowest BCUT2D eigenvalue weighted by Crippen LogP contribution is -2.01. The van der Waals surface area contributed by atoms with E-state index in [0.29, 0.717) is 0 Å². The molecule has 0 aliphatic carbocycles. The molecule has 0 saturated carbocycles. The lowest BCUT2D eigenvalue weighted by atomic mass is 10.7. The maximum Gasteiger partial charge on any atom is 0.185 e. The molecule has 9 heavy (non-hydrogen) atoms. The molecule has 2 N–H and O–H groups in total. The van der Waals surface area contributed by atoms with E-state index in [2.05, 4.69) is 4.74 Å². The summed E-state index contributed by atoms with van der Waals surface area (Å²) in [6, 6.07) is 0. The van der Waals surface area contributed by atoms with E-state index in [9.17, 15) is 0 Å². The standard InChI is InChI=1S/C4H8N2O.C2H6/c1-3(5)7-4(2)6;1-2/h5-6H,1-2H3;1-2H3. The molecular weight excluding hydrogens is 116 g/mol. The van der Waals surface area contributed by atoms with E-state index in [1.807, 2.05) is 13.8 Å². The van der Waals surface area contributed by atoms with Crippen LogP contribution in [-0.4, -0.2) is 11.8 Å². The molecule has 3 nitrogen and oxygen atoms in total. The Morgan fingerprint density at radius 2 is 1.22 bits per heavy atom. The Morgan fingerprint density at radius 3 is 1.22 bits per heavy atom. The predicted octanol–water partition coefficient (Wildman–Crippen LogP) is 2.02. The van der Waals surface area contributed by atoms with Gasteiger partial charge in [0.05, 0.1) is 0 Å². The molecule has 0 radical (unpaired) electrons. The minimum Gasteiger partial charge on any atom is -0.430 e. The second-order valence-electron chi connectivity index (χ2n) is 1.21. The van der Waals surface area contributed by atoms with Crippen molar-refractivity contribution in [2.45, 2.75) is 27.7 Å². The van der Waals surface area contributed by atoms with Gasteiger partial charge in [-0.05, 0) is 0 Å². The third-order valence-corrected chi connectivity index (χ3v) is 0.306. The van der Waals surface area contributed by atoms with Gasteiger partial charge in [-0.15, -0.1) is 0 Å². The van der Waals surface area contributed by atoms with Gasteiger partial charge >= 0.3 is 0 Å². The molecular formula is C6H14N2O. The molecule has 0 bridgehead atoms. The van der Waals surface area contributed by atoms with Gasteiger partial charge in [-0.3, -0.25) is 10.8 Å². The van der Waals surface area contributed by atoms with Crippen molar-refractivity contribution in [1.82, 2.24) is 0 Å². The van der Waals surface area contributed by atoms with Crippen molar-refractivity contribution in [1.29, 1.82) is 10.8 Å². The summed E-state index contributed by atoms with van der Waals surface area (Å²) in [6.45, 7) is 6.97. The monoisotopic (exact) mass is 130 g/mol.